The Morgan fingerprint density at radius 2 is 1.87 bits per heavy atom. The van der Waals surface area contributed by atoms with E-state index in [-0.39, 0.29) is 22.4 Å². The number of hydrogen-bond donors (Lipinski definition) is 1. The largest absolute Gasteiger partial charge is 0.481 e. The lowest BCUT2D eigenvalue weighted by atomic mass is 10.1. The topological polar surface area (TPSA) is 126 Å². The quantitative estimate of drug-likeness (QED) is 0.295. The van der Waals surface area contributed by atoms with E-state index in [1.165, 1.54) is 23.7 Å². The maximum atomic E-state index is 13.8. The van der Waals surface area contributed by atoms with E-state index in [2.05, 4.69) is 46.9 Å². The molecule has 0 radical (unpaired) electrons. The van der Waals surface area contributed by atoms with E-state index in [0.29, 0.717) is 61.6 Å². The third-order valence-electron chi connectivity index (χ3n) is 8.08. The number of nitrogens with one attached hydrogen (secondary N) is 1. The molecule has 2 saturated heterocycles. The molecule has 1 unspecified atom stereocenters. The highest BCUT2D eigenvalue weighted by molar-refractivity contribution is 7.16. The fourth-order valence-electron chi connectivity index (χ4n) is 5.54. The van der Waals surface area contributed by atoms with Crippen molar-refractivity contribution >= 4 is 34.2 Å². The van der Waals surface area contributed by atoms with Gasteiger partial charge >= 0.3 is 12.1 Å². The Kier molecular flexibility index (Phi) is 10.7. The number of nitrogens with zero attached hydrogens (tertiary/aromatic N) is 7. The van der Waals surface area contributed by atoms with Gasteiger partial charge in [-0.25, -0.2) is 19.9 Å². The number of alkyl halides is 3. The van der Waals surface area contributed by atoms with Crippen molar-refractivity contribution in [1.29, 1.82) is 0 Å². The molecule has 2 fully saturated rings. The van der Waals surface area contributed by atoms with Gasteiger partial charge in [0, 0.05) is 61.9 Å². The minimum Gasteiger partial charge on any atom is -0.481 e. The van der Waals surface area contributed by atoms with Crippen molar-refractivity contribution in [3.63, 3.8) is 0 Å². The molecule has 5 heterocycles. The van der Waals surface area contributed by atoms with Gasteiger partial charge in [0.15, 0.2) is 5.13 Å². The van der Waals surface area contributed by atoms with Crippen LogP contribution in [0.5, 0.6) is 5.88 Å². The number of thiazole rings is 1. The number of methoxy groups -OCH3 is 1. The molecule has 0 bridgehead atoms. The first-order chi connectivity index (χ1) is 22.0. The van der Waals surface area contributed by atoms with Gasteiger partial charge in [-0.05, 0) is 39.3 Å². The number of carbonyl (C=O) groups is 2. The summed E-state index contributed by atoms with van der Waals surface area (Å²) in [5.74, 6) is -0.627. The zero-order valence-corrected chi connectivity index (χ0v) is 26.8. The average Bonchev–Trinajstić information content (AvgIpc) is 3.64. The van der Waals surface area contributed by atoms with Gasteiger partial charge in [0.2, 0.25) is 5.88 Å². The molecule has 0 aromatic carbocycles. The predicted molar refractivity (Wildman–Crippen MR) is 166 cm³/mol. The molecular formula is C30H37F3N8O4S. The first kappa shape index (κ1) is 33.5. The first-order valence-electron chi connectivity index (χ1n) is 15.2. The van der Waals surface area contributed by atoms with Gasteiger partial charge in [-0.2, -0.15) is 13.2 Å². The van der Waals surface area contributed by atoms with Crippen molar-refractivity contribution in [3.05, 3.63) is 40.8 Å². The summed E-state index contributed by atoms with van der Waals surface area (Å²) >= 11 is 1.21. The maximum Gasteiger partial charge on any atom is 0.421 e. The zero-order chi connectivity index (χ0) is 32.8. The van der Waals surface area contributed by atoms with Crippen LogP contribution in [-0.2, 0) is 22.3 Å². The van der Waals surface area contributed by atoms with Crippen LogP contribution in [0.15, 0.2) is 24.7 Å². The third-order valence-corrected chi connectivity index (χ3v) is 9.04. The zero-order valence-electron chi connectivity index (χ0n) is 26.0. The van der Waals surface area contributed by atoms with E-state index < -0.39 is 23.5 Å². The summed E-state index contributed by atoms with van der Waals surface area (Å²) in [5.41, 5.74) is -0.423. The molecule has 3 aromatic heterocycles. The summed E-state index contributed by atoms with van der Waals surface area (Å²) in [6, 6.07) is 1.29. The summed E-state index contributed by atoms with van der Waals surface area (Å²) in [5, 5.41) is 2.98. The smallest absolute Gasteiger partial charge is 0.421 e. The van der Waals surface area contributed by atoms with Crippen LogP contribution in [0.2, 0.25) is 0 Å². The molecule has 1 N–H and O–H groups in total. The summed E-state index contributed by atoms with van der Waals surface area (Å²) in [6.07, 6.45) is 1.97. The van der Waals surface area contributed by atoms with Crippen LogP contribution in [0.25, 0.3) is 11.3 Å². The second kappa shape index (κ2) is 14.7. The molecule has 0 aliphatic carbocycles. The molecule has 12 nitrogen and oxygen atoms in total. The average molecular weight is 663 g/mol. The molecular weight excluding hydrogens is 625 g/mol. The minimum absolute atomic E-state index is 0.0776. The second-order valence-electron chi connectivity index (χ2n) is 11.1. The van der Waals surface area contributed by atoms with Crippen molar-refractivity contribution in [2.24, 2.45) is 0 Å². The van der Waals surface area contributed by atoms with Crippen LogP contribution in [-0.4, -0.2) is 101 Å². The van der Waals surface area contributed by atoms with Crippen LogP contribution in [0.4, 0.5) is 24.1 Å². The minimum atomic E-state index is -4.67. The fraction of sp³-hybridized carbons (Fsp3) is 0.533. The van der Waals surface area contributed by atoms with Crippen LogP contribution >= 0.6 is 11.3 Å². The number of halogens is 3. The molecule has 2 aliphatic heterocycles. The van der Waals surface area contributed by atoms with Gasteiger partial charge < -0.3 is 14.4 Å². The highest BCUT2D eigenvalue weighted by Gasteiger charge is 2.36. The fourth-order valence-corrected chi connectivity index (χ4v) is 6.55. The van der Waals surface area contributed by atoms with E-state index in [9.17, 15) is 22.8 Å². The molecule has 0 saturated carbocycles. The molecule has 16 heteroatoms. The SMILES string of the molecule is CCOC(=O)CCN1CCN(c2cnc(C(=O)Nc3nc(-c4cnc(OC)c(C(F)(F)F)c4)c(CN4CCCC4C)s3)cn2)CC1. The van der Waals surface area contributed by atoms with E-state index in [4.69, 9.17) is 9.47 Å². The number of piperazine rings is 1. The Morgan fingerprint density at radius 3 is 2.50 bits per heavy atom. The van der Waals surface area contributed by atoms with Gasteiger partial charge in [-0.15, -0.1) is 0 Å². The Labute approximate surface area is 268 Å². The van der Waals surface area contributed by atoms with E-state index >= 15 is 0 Å². The summed E-state index contributed by atoms with van der Waals surface area (Å²) in [6.45, 7) is 9.13. The van der Waals surface area contributed by atoms with Gasteiger partial charge in [0.1, 0.15) is 17.1 Å². The number of likely N-dealkylation sites (tertiary alicyclic amines) is 1. The Bertz CT molecular complexity index is 1510. The van der Waals surface area contributed by atoms with E-state index in [0.717, 1.165) is 45.7 Å². The molecule has 0 spiro atoms. The lowest BCUT2D eigenvalue weighted by Gasteiger charge is -2.35. The number of rotatable bonds is 11. The van der Waals surface area contributed by atoms with Gasteiger partial charge in [-0.1, -0.05) is 11.3 Å². The molecule has 1 atom stereocenters. The van der Waals surface area contributed by atoms with Gasteiger partial charge in [0.05, 0.1) is 38.2 Å². The Hall–Kier alpha value is -3.89. The highest BCUT2D eigenvalue weighted by Crippen LogP contribution is 2.40. The molecule has 5 rings (SSSR count). The van der Waals surface area contributed by atoms with Crippen LogP contribution < -0.4 is 15.0 Å². The number of hydrogen-bond acceptors (Lipinski definition) is 12. The Balaban J connectivity index is 1.28. The number of esters is 1. The summed E-state index contributed by atoms with van der Waals surface area (Å²) in [4.78, 5) is 49.2. The van der Waals surface area contributed by atoms with Gasteiger partial charge in [0.25, 0.3) is 5.91 Å². The number of aromatic nitrogens is 4. The Morgan fingerprint density at radius 1 is 1.09 bits per heavy atom. The first-order valence-corrected chi connectivity index (χ1v) is 16.0. The van der Waals surface area contributed by atoms with Crippen molar-refractivity contribution in [1.82, 2.24) is 29.7 Å². The van der Waals surface area contributed by atoms with Crippen molar-refractivity contribution in [2.45, 2.75) is 51.9 Å². The highest BCUT2D eigenvalue weighted by atomic mass is 32.1. The van der Waals surface area contributed by atoms with E-state index in [1.54, 1.807) is 13.1 Å². The van der Waals surface area contributed by atoms with Crippen molar-refractivity contribution < 1.29 is 32.2 Å². The van der Waals surface area contributed by atoms with Crippen LogP contribution in [0.3, 0.4) is 0 Å². The predicted octanol–water partition coefficient (Wildman–Crippen LogP) is 4.33. The van der Waals surface area contributed by atoms with Crippen molar-refractivity contribution in [2.75, 3.05) is 63.2 Å². The van der Waals surface area contributed by atoms with Crippen molar-refractivity contribution in [3.8, 4) is 17.1 Å². The summed E-state index contributed by atoms with van der Waals surface area (Å²) in [7, 11) is 1.14. The molecule has 2 aliphatic rings. The monoisotopic (exact) mass is 662 g/mol. The lowest BCUT2D eigenvalue weighted by Crippen LogP contribution is -2.47. The normalized spacial score (nSPS) is 17.7. The van der Waals surface area contributed by atoms with Crippen LogP contribution in [0.1, 0.15) is 54.0 Å². The molecule has 46 heavy (non-hydrogen) atoms. The summed E-state index contributed by atoms with van der Waals surface area (Å²) < 4.78 is 51.2. The number of carbonyl (C=O) groups excluding carboxylic acids is 2. The molecule has 248 valence electrons. The maximum absolute atomic E-state index is 13.8. The van der Waals surface area contributed by atoms with E-state index in [1.807, 2.05) is 0 Å². The number of amides is 1. The van der Waals surface area contributed by atoms with Gasteiger partial charge in [-0.3, -0.25) is 24.7 Å². The third kappa shape index (κ3) is 8.09. The standard InChI is InChI=1S/C30H37F3N8O4S/c1-4-45-25(42)7-9-39-10-12-40(13-11-39)24-17-34-22(16-35-24)27(43)38-29-37-26(23(46-29)18-41-8-5-6-19(41)2)20-14-21(30(31,32)33)28(44-3)36-15-20/h14-17,19H,4-13,18H2,1-3H3,(H,37,38,43). The molecule has 3 aromatic rings. The lowest BCUT2D eigenvalue weighted by molar-refractivity contribution is -0.143. The number of ether oxygens (including phenoxy) is 2. The number of pyridine rings is 1. The van der Waals surface area contributed by atoms with Crippen LogP contribution in [0, 0.1) is 0 Å². The number of anilines is 2. The molecule has 1 amide bonds. The second-order valence-corrected chi connectivity index (χ2v) is 12.2.